The number of nitrogens with one attached hydrogen (secondary N) is 2. The summed E-state index contributed by atoms with van der Waals surface area (Å²) in [5.74, 6) is 2.70. The molecule has 1 saturated carbocycles. The van der Waals surface area contributed by atoms with Crippen molar-refractivity contribution in [3.8, 4) is 0 Å². The Morgan fingerprint density at radius 2 is 2.00 bits per heavy atom. The van der Waals surface area contributed by atoms with Crippen LogP contribution < -0.4 is 5.32 Å². The lowest BCUT2D eigenvalue weighted by Gasteiger charge is -2.17. The van der Waals surface area contributed by atoms with Crippen LogP contribution >= 0.6 is 0 Å². The van der Waals surface area contributed by atoms with Crippen LogP contribution in [0.4, 0.5) is 0 Å². The fraction of sp³-hybridized carbons (Fsp3) is 0.846. The first-order chi connectivity index (χ1) is 8.92. The molecular formula is C13H23N5. The SMILES string of the molecule is C1CCC(c2n[nH]c(CN3CCCNCC3)n2)C1. The molecule has 1 aromatic rings. The minimum atomic E-state index is 0.612. The average Bonchev–Trinajstić information content (AvgIpc) is 2.98. The molecule has 5 heteroatoms. The first kappa shape index (κ1) is 12.1. The number of hydrogen-bond acceptors (Lipinski definition) is 4. The van der Waals surface area contributed by atoms with Crippen molar-refractivity contribution in [3.05, 3.63) is 11.6 Å². The van der Waals surface area contributed by atoms with Gasteiger partial charge in [-0.3, -0.25) is 10.00 Å². The predicted molar refractivity (Wildman–Crippen MR) is 70.4 cm³/mol. The van der Waals surface area contributed by atoms with Gasteiger partial charge in [0.05, 0.1) is 6.54 Å². The molecule has 1 aliphatic carbocycles. The van der Waals surface area contributed by atoms with Crippen molar-refractivity contribution in [1.29, 1.82) is 0 Å². The monoisotopic (exact) mass is 249 g/mol. The highest BCUT2D eigenvalue weighted by Crippen LogP contribution is 2.31. The first-order valence-electron chi connectivity index (χ1n) is 7.26. The van der Waals surface area contributed by atoms with Crippen LogP contribution in [0.5, 0.6) is 0 Å². The van der Waals surface area contributed by atoms with Crippen molar-refractivity contribution < 1.29 is 0 Å². The standard InChI is InChI=1S/C13H23N5/c1-2-5-11(4-1)13-15-12(16-17-13)10-18-8-3-6-14-7-9-18/h11,14H,1-10H2,(H,15,16,17). The molecule has 0 aromatic carbocycles. The molecule has 2 heterocycles. The van der Waals surface area contributed by atoms with E-state index >= 15 is 0 Å². The molecule has 2 fully saturated rings. The van der Waals surface area contributed by atoms with E-state index in [9.17, 15) is 0 Å². The van der Waals surface area contributed by atoms with Gasteiger partial charge in [-0.15, -0.1) is 0 Å². The second-order valence-corrected chi connectivity index (χ2v) is 5.50. The van der Waals surface area contributed by atoms with Gasteiger partial charge in [-0.05, 0) is 32.4 Å². The fourth-order valence-corrected chi connectivity index (χ4v) is 3.02. The summed E-state index contributed by atoms with van der Waals surface area (Å²) in [5.41, 5.74) is 0. The van der Waals surface area contributed by atoms with E-state index in [1.165, 1.54) is 32.1 Å². The molecule has 0 amide bonds. The zero-order valence-electron chi connectivity index (χ0n) is 11.0. The highest BCUT2D eigenvalue weighted by atomic mass is 15.3. The smallest absolute Gasteiger partial charge is 0.153 e. The Labute approximate surface area is 108 Å². The van der Waals surface area contributed by atoms with E-state index in [1.54, 1.807) is 0 Å². The molecule has 2 N–H and O–H groups in total. The van der Waals surface area contributed by atoms with Crippen molar-refractivity contribution in [2.75, 3.05) is 26.2 Å². The van der Waals surface area contributed by atoms with E-state index in [0.29, 0.717) is 5.92 Å². The molecule has 100 valence electrons. The summed E-state index contributed by atoms with van der Waals surface area (Å²) in [5, 5.41) is 11.0. The van der Waals surface area contributed by atoms with Gasteiger partial charge < -0.3 is 5.32 Å². The van der Waals surface area contributed by atoms with Gasteiger partial charge in [0, 0.05) is 19.0 Å². The van der Waals surface area contributed by atoms with Crippen LogP contribution in [0.15, 0.2) is 0 Å². The second kappa shape index (κ2) is 5.80. The van der Waals surface area contributed by atoms with Crippen LogP contribution in [0.1, 0.15) is 49.7 Å². The van der Waals surface area contributed by atoms with Crippen LogP contribution in [0.2, 0.25) is 0 Å². The first-order valence-corrected chi connectivity index (χ1v) is 7.26. The summed E-state index contributed by atoms with van der Waals surface area (Å²) >= 11 is 0. The molecule has 1 aromatic heterocycles. The maximum atomic E-state index is 4.69. The number of aromatic nitrogens is 3. The average molecular weight is 249 g/mol. The second-order valence-electron chi connectivity index (χ2n) is 5.50. The van der Waals surface area contributed by atoms with Crippen LogP contribution in [-0.4, -0.2) is 46.3 Å². The molecule has 0 radical (unpaired) electrons. The van der Waals surface area contributed by atoms with E-state index in [-0.39, 0.29) is 0 Å². The minimum Gasteiger partial charge on any atom is -0.315 e. The van der Waals surface area contributed by atoms with Gasteiger partial charge in [0.15, 0.2) is 5.82 Å². The maximum absolute atomic E-state index is 4.69. The van der Waals surface area contributed by atoms with Gasteiger partial charge in [-0.2, -0.15) is 5.10 Å². The zero-order valence-corrected chi connectivity index (χ0v) is 11.0. The van der Waals surface area contributed by atoms with Gasteiger partial charge in [0.1, 0.15) is 5.82 Å². The Morgan fingerprint density at radius 3 is 2.89 bits per heavy atom. The Balaban J connectivity index is 1.58. The van der Waals surface area contributed by atoms with E-state index in [4.69, 9.17) is 0 Å². The summed E-state index contributed by atoms with van der Waals surface area (Å²) in [6, 6.07) is 0. The highest BCUT2D eigenvalue weighted by molar-refractivity contribution is 5.00. The van der Waals surface area contributed by atoms with Crippen LogP contribution in [0, 0.1) is 0 Å². The van der Waals surface area contributed by atoms with E-state index in [1.807, 2.05) is 0 Å². The quantitative estimate of drug-likeness (QED) is 0.846. The van der Waals surface area contributed by atoms with Crippen LogP contribution in [0.25, 0.3) is 0 Å². The Hall–Kier alpha value is -0.940. The highest BCUT2D eigenvalue weighted by Gasteiger charge is 2.21. The Morgan fingerprint density at radius 1 is 1.11 bits per heavy atom. The molecule has 0 bridgehead atoms. The number of hydrogen-bond donors (Lipinski definition) is 2. The molecule has 0 spiro atoms. The third kappa shape index (κ3) is 2.90. The van der Waals surface area contributed by atoms with Crippen molar-refractivity contribution >= 4 is 0 Å². The third-order valence-electron chi connectivity index (χ3n) is 4.08. The molecular weight excluding hydrogens is 226 g/mol. The molecule has 0 unspecified atom stereocenters. The Kier molecular flexibility index (Phi) is 3.90. The van der Waals surface area contributed by atoms with Crippen molar-refractivity contribution in [3.63, 3.8) is 0 Å². The summed E-state index contributed by atoms with van der Waals surface area (Å²) in [4.78, 5) is 7.15. The van der Waals surface area contributed by atoms with Gasteiger partial charge in [0.25, 0.3) is 0 Å². The fourth-order valence-electron chi connectivity index (χ4n) is 3.02. The number of nitrogens with zero attached hydrogens (tertiary/aromatic N) is 3. The van der Waals surface area contributed by atoms with Crippen molar-refractivity contribution in [2.45, 2.75) is 44.6 Å². The summed E-state index contributed by atoms with van der Waals surface area (Å²) in [6.07, 6.45) is 6.44. The molecule has 3 rings (SSSR count). The third-order valence-corrected chi connectivity index (χ3v) is 4.08. The number of rotatable bonds is 3. The lowest BCUT2D eigenvalue weighted by molar-refractivity contribution is 0.277. The molecule has 1 saturated heterocycles. The van der Waals surface area contributed by atoms with E-state index in [2.05, 4.69) is 25.4 Å². The molecule has 1 aliphatic heterocycles. The van der Waals surface area contributed by atoms with Gasteiger partial charge in [-0.25, -0.2) is 4.98 Å². The molecule has 0 atom stereocenters. The maximum Gasteiger partial charge on any atom is 0.153 e. The van der Waals surface area contributed by atoms with Crippen molar-refractivity contribution in [1.82, 2.24) is 25.4 Å². The zero-order chi connectivity index (χ0) is 12.2. The van der Waals surface area contributed by atoms with E-state index in [0.717, 1.165) is 44.4 Å². The van der Waals surface area contributed by atoms with Gasteiger partial charge >= 0.3 is 0 Å². The summed E-state index contributed by atoms with van der Waals surface area (Å²) in [7, 11) is 0. The number of aromatic amines is 1. The van der Waals surface area contributed by atoms with Crippen molar-refractivity contribution in [2.24, 2.45) is 0 Å². The van der Waals surface area contributed by atoms with Gasteiger partial charge in [0.2, 0.25) is 0 Å². The lowest BCUT2D eigenvalue weighted by atomic mass is 10.1. The van der Waals surface area contributed by atoms with E-state index < -0.39 is 0 Å². The van der Waals surface area contributed by atoms with Crippen LogP contribution in [-0.2, 0) is 6.54 Å². The minimum absolute atomic E-state index is 0.612. The number of H-pyrrole nitrogens is 1. The largest absolute Gasteiger partial charge is 0.315 e. The molecule has 18 heavy (non-hydrogen) atoms. The van der Waals surface area contributed by atoms with Crippen LogP contribution in [0.3, 0.4) is 0 Å². The molecule has 2 aliphatic rings. The summed E-state index contributed by atoms with van der Waals surface area (Å²) < 4.78 is 0. The topological polar surface area (TPSA) is 56.8 Å². The summed E-state index contributed by atoms with van der Waals surface area (Å²) in [6.45, 7) is 5.41. The predicted octanol–water partition coefficient (Wildman–Crippen LogP) is 1.26. The van der Waals surface area contributed by atoms with Gasteiger partial charge in [-0.1, -0.05) is 12.8 Å². The lowest BCUT2D eigenvalue weighted by Crippen LogP contribution is -2.28. The normalized spacial score (nSPS) is 23.3. The Bertz CT molecular complexity index is 361. The molecule has 5 nitrogen and oxygen atoms in total.